The van der Waals surface area contributed by atoms with E-state index in [2.05, 4.69) is 6.92 Å². The van der Waals surface area contributed by atoms with Crippen molar-refractivity contribution in [2.24, 2.45) is 0 Å². The highest BCUT2D eigenvalue weighted by Crippen LogP contribution is 2.26. The fraction of sp³-hybridized carbons (Fsp3) is 1.00. The van der Waals surface area contributed by atoms with Crippen LogP contribution in [0.2, 0.25) is 0 Å². The lowest BCUT2D eigenvalue weighted by Crippen LogP contribution is -2.32. The van der Waals surface area contributed by atoms with Gasteiger partial charge in [-0.05, 0) is 19.3 Å². The molecule has 0 aromatic heterocycles. The fourth-order valence-corrected chi connectivity index (χ4v) is 3.75. The molecule has 0 radical (unpaired) electrons. The van der Waals surface area contributed by atoms with Crippen molar-refractivity contribution in [2.45, 2.75) is 128 Å². The summed E-state index contributed by atoms with van der Waals surface area (Å²) in [6.07, 6.45) is 16.4. The molecule has 25 heavy (non-hydrogen) atoms. The van der Waals surface area contributed by atoms with Gasteiger partial charge in [-0.1, -0.05) is 84.0 Å². The van der Waals surface area contributed by atoms with Gasteiger partial charge < -0.3 is 20.1 Å². The molecule has 1 fully saturated rings. The second-order valence-electron chi connectivity index (χ2n) is 7.79. The van der Waals surface area contributed by atoms with E-state index in [0.29, 0.717) is 0 Å². The molecule has 0 unspecified atom stereocenters. The Hall–Kier alpha value is -0.160. The van der Waals surface area contributed by atoms with Crippen molar-refractivity contribution in [1.82, 2.24) is 0 Å². The molecular weight excluding hydrogens is 316 g/mol. The summed E-state index contributed by atoms with van der Waals surface area (Å²) in [5.74, 6) is 0. The molecular formula is C21H42O4. The van der Waals surface area contributed by atoms with Gasteiger partial charge in [0.2, 0.25) is 0 Å². The number of aliphatic hydroxyl groups excluding tert-OH is 3. The van der Waals surface area contributed by atoms with Crippen molar-refractivity contribution in [3.05, 3.63) is 0 Å². The van der Waals surface area contributed by atoms with E-state index in [1.165, 1.54) is 70.6 Å². The molecule has 1 aliphatic heterocycles. The van der Waals surface area contributed by atoms with Gasteiger partial charge in [0, 0.05) is 0 Å². The summed E-state index contributed by atoms with van der Waals surface area (Å²) < 4.78 is 5.67. The van der Waals surface area contributed by atoms with Crippen molar-refractivity contribution in [3.8, 4) is 0 Å². The molecule has 0 aromatic rings. The standard InChI is InChI=1S/C21H42O4/c1-2-3-4-5-6-7-8-9-10-11-12-13-14-18(23)20-15-16-21(25-20)19(24)17-22/h18-24H,2-17H2,1H3/t18-,19+,20-,21+/m1/s1. The molecule has 1 aliphatic rings. The van der Waals surface area contributed by atoms with Crippen LogP contribution in [0.15, 0.2) is 0 Å². The third-order valence-electron chi connectivity index (χ3n) is 5.48. The van der Waals surface area contributed by atoms with Gasteiger partial charge in [0.05, 0.1) is 24.9 Å². The molecule has 0 saturated carbocycles. The van der Waals surface area contributed by atoms with E-state index in [9.17, 15) is 10.2 Å². The van der Waals surface area contributed by atoms with E-state index in [0.717, 1.165) is 25.7 Å². The van der Waals surface area contributed by atoms with E-state index in [1.54, 1.807) is 0 Å². The first kappa shape index (κ1) is 22.9. The van der Waals surface area contributed by atoms with Gasteiger partial charge in [-0.25, -0.2) is 0 Å². The maximum atomic E-state index is 10.2. The number of unbranched alkanes of at least 4 members (excludes halogenated alkanes) is 11. The third kappa shape index (κ3) is 10.5. The smallest absolute Gasteiger partial charge is 0.103 e. The minimum atomic E-state index is -0.816. The van der Waals surface area contributed by atoms with Crippen LogP contribution in [0.4, 0.5) is 0 Å². The fourth-order valence-electron chi connectivity index (χ4n) is 3.75. The van der Waals surface area contributed by atoms with Crippen LogP contribution in [-0.2, 0) is 4.74 Å². The van der Waals surface area contributed by atoms with E-state index in [-0.39, 0.29) is 18.8 Å². The number of rotatable bonds is 16. The normalized spacial score (nSPS) is 23.0. The second-order valence-corrected chi connectivity index (χ2v) is 7.79. The third-order valence-corrected chi connectivity index (χ3v) is 5.48. The lowest BCUT2D eigenvalue weighted by Gasteiger charge is -2.21. The first-order valence-corrected chi connectivity index (χ1v) is 10.8. The number of ether oxygens (including phenoxy) is 1. The molecule has 0 aromatic carbocycles. The minimum Gasteiger partial charge on any atom is -0.394 e. The molecule has 0 spiro atoms. The van der Waals surface area contributed by atoms with Crippen LogP contribution in [0.5, 0.6) is 0 Å². The van der Waals surface area contributed by atoms with E-state index < -0.39 is 12.2 Å². The molecule has 0 aliphatic carbocycles. The van der Waals surface area contributed by atoms with E-state index in [1.807, 2.05) is 0 Å². The molecule has 4 nitrogen and oxygen atoms in total. The Labute approximate surface area is 155 Å². The van der Waals surface area contributed by atoms with Crippen molar-refractivity contribution in [1.29, 1.82) is 0 Å². The predicted octanol–water partition coefficient (Wildman–Crippen LogP) is 4.34. The highest BCUT2D eigenvalue weighted by Gasteiger charge is 2.33. The maximum Gasteiger partial charge on any atom is 0.103 e. The largest absolute Gasteiger partial charge is 0.394 e. The molecule has 4 atom stereocenters. The summed E-state index contributed by atoms with van der Waals surface area (Å²) in [5.41, 5.74) is 0. The van der Waals surface area contributed by atoms with Gasteiger partial charge in [0.25, 0.3) is 0 Å². The second kappa shape index (κ2) is 15.0. The van der Waals surface area contributed by atoms with E-state index in [4.69, 9.17) is 9.84 Å². The van der Waals surface area contributed by atoms with Gasteiger partial charge in [-0.3, -0.25) is 0 Å². The topological polar surface area (TPSA) is 69.9 Å². The van der Waals surface area contributed by atoms with Crippen LogP contribution in [0.1, 0.15) is 103 Å². The average Bonchev–Trinajstić information content (AvgIpc) is 3.12. The van der Waals surface area contributed by atoms with Crippen molar-refractivity contribution in [3.63, 3.8) is 0 Å². The summed E-state index contributed by atoms with van der Waals surface area (Å²) in [4.78, 5) is 0. The summed E-state index contributed by atoms with van der Waals surface area (Å²) in [5, 5.41) is 28.8. The Balaban J connectivity index is 1.88. The molecule has 1 saturated heterocycles. The molecule has 1 heterocycles. The molecule has 4 heteroatoms. The van der Waals surface area contributed by atoms with Crippen molar-refractivity contribution in [2.75, 3.05) is 6.61 Å². The predicted molar refractivity (Wildman–Crippen MR) is 103 cm³/mol. The summed E-state index contributed by atoms with van der Waals surface area (Å²) in [6.45, 7) is 1.99. The summed E-state index contributed by atoms with van der Waals surface area (Å²) in [6, 6.07) is 0. The maximum absolute atomic E-state index is 10.2. The zero-order chi connectivity index (χ0) is 18.3. The first-order chi connectivity index (χ1) is 12.2. The zero-order valence-corrected chi connectivity index (χ0v) is 16.4. The molecule has 1 rings (SSSR count). The van der Waals surface area contributed by atoms with Gasteiger partial charge in [-0.15, -0.1) is 0 Å². The zero-order valence-electron chi connectivity index (χ0n) is 16.4. The summed E-state index contributed by atoms with van der Waals surface area (Å²) in [7, 11) is 0. The number of hydrogen-bond acceptors (Lipinski definition) is 4. The highest BCUT2D eigenvalue weighted by molar-refractivity contribution is 4.82. The molecule has 150 valence electrons. The Morgan fingerprint density at radius 1 is 0.720 bits per heavy atom. The lowest BCUT2D eigenvalue weighted by atomic mass is 10.0. The SMILES string of the molecule is CCCCCCCCCCCCCC[C@@H](O)[C@H]1CC[C@@H]([C@@H](O)CO)O1. The average molecular weight is 359 g/mol. The summed E-state index contributed by atoms with van der Waals surface area (Å²) >= 11 is 0. The Kier molecular flexibility index (Phi) is 13.7. The quantitative estimate of drug-likeness (QED) is 0.359. The van der Waals surface area contributed by atoms with Crippen molar-refractivity contribution < 1.29 is 20.1 Å². The van der Waals surface area contributed by atoms with Crippen molar-refractivity contribution >= 4 is 0 Å². The first-order valence-electron chi connectivity index (χ1n) is 10.8. The molecule has 3 N–H and O–H groups in total. The molecule has 0 bridgehead atoms. The van der Waals surface area contributed by atoms with Gasteiger partial charge in [0.15, 0.2) is 0 Å². The van der Waals surface area contributed by atoms with Crippen LogP contribution >= 0.6 is 0 Å². The molecule has 0 amide bonds. The Morgan fingerprint density at radius 3 is 1.64 bits per heavy atom. The van der Waals surface area contributed by atoms with Gasteiger partial charge >= 0.3 is 0 Å². The lowest BCUT2D eigenvalue weighted by molar-refractivity contribution is -0.0873. The Morgan fingerprint density at radius 2 is 1.16 bits per heavy atom. The van der Waals surface area contributed by atoms with E-state index >= 15 is 0 Å². The van der Waals surface area contributed by atoms with Gasteiger partial charge in [0.1, 0.15) is 6.10 Å². The minimum absolute atomic E-state index is 0.168. The Bertz CT molecular complexity index is 298. The van der Waals surface area contributed by atoms with Crippen LogP contribution < -0.4 is 0 Å². The van der Waals surface area contributed by atoms with Crippen LogP contribution in [0.3, 0.4) is 0 Å². The highest BCUT2D eigenvalue weighted by atomic mass is 16.5. The number of hydrogen-bond donors (Lipinski definition) is 3. The van der Waals surface area contributed by atoms with Gasteiger partial charge in [-0.2, -0.15) is 0 Å². The van der Waals surface area contributed by atoms with Crippen LogP contribution in [0.25, 0.3) is 0 Å². The monoisotopic (exact) mass is 358 g/mol. The number of aliphatic hydroxyl groups is 3. The van der Waals surface area contributed by atoms with Crippen LogP contribution in [0, 0.1) is 0 Å². The van der Waals surface area contributed by atoms with Crippen LogP contribution in [-0.4, -0.2) is 46.3 Å².